The van der Waals surface area contributed by atoms with Gasteiger partial charge in [-0.1, -0.05) is 26.8 Å². The van der Waals surface area contributed by atoms with Crippen LogP contribution >= 0.6 is 0 Å². The van der Waals surface area contributed by atoms with Gasteiger partial charge in [-0.2, -0.15) is 0 Å². The van der Waals surface area contributed by atoms with E-state index in [9.17, 15) is 0 Å². The molecule has 0 spiro atoms. The molecule has 58 valence electrons. The molecule has 1 heteroatoms. The Kier molecular flexibility index (Phi) is 1.76. The first-order chi connectivity index (χ1) is 4.51. The fourth-order valence-electron chi connectivity index (χ4n) is 1.63. The lowest BCUT2D eigenvalue weighted by atomic mass is 9.75. The standard InChI is InChI=1S/C9H17N/c1-7-6-9(2,3)5-4-8(7)10/h4,7H,5-6,10H2,1-3H3. The number of hydrogen-bond acceptors (Lipinski definition) is 1. The predicted octanol–water partition coefficient (Wildman–Crippen LogP) is 2.29. The van der Waals surface area contributed by atoms with Crippen LogP contribution in [0.3, 0.4) is 0 Å². The molecule has 1 nitrogen and oxygen atoms in total. The number of hydrogen-bond donors (Lipinski definition) is 1. The van der Waals surface area contributed by atoms with Crippen LogP contribution < -0.4 is 5.73 Å². The molecule has 0 aromatic carbocycles. The van der Waals surface area contributed by atoms with Crippen molar-refractivity contribution >= 4 is 0 Å². The molecule has 10 heavy (non-hydrogen) atoms. The van der Waals surface area contributed by atoms with Crippen LogP contribution in [0.1, 0.15) is 33.6 Å². The van der Waals surface area contributed by atoms with Gasteiger partial charge < -0.3 is 5.73 Å². The largest absolute Gasteiger partial charge is 0.402 e. The van der Waals surface area contributed by atoms with Gasteiger partial charge in [0.1, 0.15) is 0 Å². The van der Waals surface area contributed by atoms with E-state index in [1.54, 1.807) is 0 Å². The summed E-state index contributed by atoms with van der Waals surface area (Å²) in [6, 6.07) is 0. The van der Waals surface area contributed by atoms with E-state index >= 15 is 0 Å². The summed E-state index contributed by atoms with van der Waals surface area (Å²) in [5.74, 6) is 0.587. The van der Waals surface area contributed by atoms with Crippen LogP contribution in [-0.2, 0) is 0 Å². The van der Waals surface area contributed by atoms with Crippen molar-refractivity contribution in [3.8, 4) is 0 Å². The van der Waals surface area contributed by atoms with Gasteiger partial charge in [0.15, 0.2) is 0 Å². The van der Waals surface area contributed by atoms with Gasteiger partial charge in [-0.3, -0.25) is 0 Å². The average molecular weight is 139 g/mol. The van der Waals surface area contributed by atoms with Gasteiger partial charge in [0.2, 0.25) is 0 Å². The van der Waals surface area contributed by atoms with Crippen molar-refractivity contribution in [3.63, 3.8) is 0 Å². The zero-order valence-corrected chi connectivity index (χ0v) is 7.15. The van der Waals surface area contributed by atoms with Gasteiger partial charge in [-0.15, -0.1) is 0 Å². The molecule has 0 saturated carbocycles. The van der Waals surface area contributed by atoms with Gasteiger partial charge in [-0.05, 0) is 24.2 Å². The molecule has 0 amide bonds. The smallest absolute Gasteiger partial charge is 0.00691 e. The highest BCUT2D eigenvalue weighted by Crippen LogP contribution is 2.35. The molecule has 2 N–H and O–H groups in total. The van der Waals surface area contributed by atoms with Gasteiger partial charge in [0, 0.05) is 5.70 Å². The highest BCUT2D eigenvalue weighted by molar-refractivity contribution is 5.07. The lowest BCUT2D eigenvalue weighted by molar-refractivity contribution is 0.278. The Morgan fingerprint density at radius 3 is 2.60 bits per heavy atom. The quantitative estimate of drug-likeness (QED) is 0.547. The van der Waals surface area contributed by atoms with Crippen LogP contribution in [0.2, 0.25) is 0 Å². The summed E-state index contributed by atoms with van der Waals surface area (Å²) in [5.41, 5.74) is 7.32. The van der Waals surface area contributed by atoms with Gasteiger partial charge >= 0.3 is 0 Å². The molecule has 0 aliphatic heterocycles. The van der Waals surface area contributed by atoms with Crippen LogP contribution in [0.5, 0.6) is 0 Å². The maximum Gasteiger partial charge on any atom is 0.00691 e. The molecular weight excluding hydrogens is 122 g/mol. The molecule has 0 heterocycles. The molecule has 1 rings (SSSR count). The van der Waals surface area contributed by atoms with Crippen molar-refractivity contribution in [2.24, 2.45) is 17.1 Å². The molecule has 0 aromatic heterocycles. The topological polar surface area (TPSA) is 26.0 Å². The number of allylic oxidation sites excluding steroid dienone is 2. The zero-order valence-electron chi connectivity index (χ0n) is 7.15. The zero-order chi connectivity index (χ0) is 7.78. The molecule has 1 atom stereocenters. The first-order valence-corrected chi connectivity index (χ1v) is 3.97. The highest BCUT2D eigenvalue weighted by atomic mass is 14.6. The van der Waals surface area contributed by atoms with Crippen molar-refractivity contribution in [2.45, 2.75) is 33.6 Å². The Morgan fingerprint density at radius 2 is 2.20 bits per heavy atom. The van der Waals surface area contributed by atoms with E-state index in [-0.39, 0.29) is 0 Å². The summed E-state index contributed by atoms with van der Waals surface area (Å²) in [4.78, 5) is 0. The second-order valence-electron chi connectivity index (χ2n) is 4.18. The molecule has 0 fully saturated rings. The lowest BCUT2D eigenvalue weighted by Crippen LogP contribution is -2.23. The summed E-state index contributed by atoms with van der Waals surface area (Å²) in [6.07, 6.45) is 4.55. The predicted molar refractivity (Wildman–Crippen MR) is 44.4 cm³/mol. The first-order valence-electron chi connectivity index (χ1n) is 3.97. The monoisotopic (exact) mass is 139 g/mol. The molecule has 1 aliphatic rings. The van der Waals surface area contributed by atoms with E-state index in [1.807, 2.05) is 0 Å². The third-order valence-electron chi connectivity index (χ3n) is 2.32. The Balaban J connectivity index is 2.69. The third-order valence-corrected chi connectivity index (χ3v) is 2.32. The van der Waals surface area contributed by atoms with Gasteiger partial charge in [0.05, 0.1) is 0 Å². The summed E-state index contributed by atoms with van der Waals surface area (Å²) >= 11 is 0. The Morgan fingerprint density at radius 1 is 1.60 bits per heavy atom. The third kappa shape index (κ3) is 1.53. The molecule has 0 aromatic rings. The summed E-state index contributed by atoms with van der Waals surface area (Å²) in [7, 11) is 0. The molecule has 1 unspecified atom stereocenters. The van der Waals surface area contributed by atoms with E-state index in [0.717, 1.165) is 12.1 Å². The lowest BCUT2D eigenvalue weighted by Gasteiger charge is -2.31. The average Bonchev–Trinajstić information content (AvgIpc) is 1.79. The molecule has 0 bridgehead atoms. The maximum atomic E-state index is 5.76. The first kappa shape index (κ1) is 7.64. The minimum absolute atomic E-state index is 0.474. The summed E-state index contributed by atoms with van der Waals surface area (Å²) in [5, 5.41) is 0. The van der Waals surface area contributed by atoms with E-state index in [0.29, 0.717) is 11.3 Å². The van der Waals surface area contributed by atoms with E-state index in [2.05, 4.69) is 26.8 Å². The van der Waals surface area contributed by atoms with E-state index in [1.165, 1.54) is 6.42 Å². The second-order valence-corrected chi connectivity index (χ2v) is 4.18. The Bertz CT molecular complexity index is 156. The summed E-state index contributed by atoms with van der Waals surface area (Å²) in [6.45, 7) is 6.80. The van der Waals surface area contributed by atoms with Crippen LogP contribution in [0.15, 0.2) is 11.8 Å². The summed E-state index contributed by atoms with van der Waals surface area (Å²) < 4.78 is 0. The normalized spacial score (nSPS) is 31.5. The number of rotatable bonds is 0. The maximum absolute atomic E-state index is 5.76. The van der Waals surface area contributed by atoms with Crippen molar-refractivity contribution < 1.29 is 0 Å². The van der Waals surface area contributed by atoms with Crippen molar-refractivity contribution in [1.29, 1.82) is 0 Å². The highest BCUT2D eigenvalue weighted by Gasteiger charge is 2.25. The second kappa shape index (κ2) is 2.30. The fourth-order valence-corrected chi connectivity index (χ4v) is 1.63. The van der Waals surface area contributed by atoms with Crippen LogP contribution in [0.4, 0.5) is 0 Å². The minimum atomic E-state index is 0.474. The molecule has 1 aliphatic carbocycles. The van der Waals surface area contributed by atoms with E-state index < -0.39 is 0 Å². The molecule has 0 radical (unpaired) electrons. The SMILES string of the molecule is CC1CC(C)(C)CC=C1N. The Labute approximate surface area is 63.3 Å². The number of nitrogens with two attached hydrogens (primary N) is 1. The van der Waals surface area contributed by atoms with Crippen LogP contribution in [0.25, 0.3) is 0 Å². The van der Waals surface area contributed by atoms with Crippen LogP contribution in [0, 0.1) is 11.3 Å². The van der Waals surface area contributed by atoms with Crippen molar-refractivity contribution in [2.75, 3.05) is 0 Å². The van der Waals surface area contributed by atoms with Crippen molar-refractivity contribution in [1.82, 2.24) is 0 Å². The fraction of sp³-hybridized carbons (Fsp3) is 0.778. The van der Waals surface area contributed by atoms with E-state index in [4.69, 9.17) is 5.73 Å². The van der Waals surface area contributed by atoms with Gasteiger partial charge in [0.25, 0.3) is 0 Å². The minimum Gasteiger partial charge on any atom is -0.402 e. The molecule has 0 saturated heterocycles. The molecular formula is C9H17N. The van der Waals surface area contributed by atoms with Gasteiger partial charge in [-0.25, -0.2) is 0 Å². The van der Waals surface area contributed by atoms with Crippen molar-refractivity contribution in [3.05, 3.63) is 11.8 Å². The Hall–Kier alpha value is -0.460. The van der Waals surface area contributed by atoms with Crippen LogP contribution in [-0.4, -0.2) is 0 Å².